The van der Waals surface area contributed by atoms with Crippen molar-refractivity contribution in [1.29, 1.82) is 0 Å². The minimum absolute atomic E-state index is 0.0736. The summed E-state index contributed by atoms with van der Waals surface area (Å²) in [7, 11) is 0. The molecular formula is C8H18O4. The molecule has 12 heavy (non-hydrogen) atoms. The Kier molecular flexibility index (Phi) is 5.41. The van der Waals surface area contributed by atoms with Gasteiger partial charge in [0.15, 0.2) is 0 Å². The summed E-state index contributed by atoms with van der Waals surface area (Å²) in [6.07, 6.45) is -2.70. The molecule has 0 rings (SSSR count). The van der Waals surface area contributed by atoms with Crippen LogP contribution in [0.4, 0.5) is 0 Å². The average molecular weight is 178 g/mol. The molecule has 4 heteroatoms. The molecule has 0 fully saturated rings. The van der Waals surface area contributed by atoms with Crippen LogP contribution in [0.15, 0.2) is 0 Å². The summed E-state index contributed by atoms with van der Waals surface area (Å²) in [4.78, 5) is 0. The molecular weight excluding hydrogens is 160 g/mol. The maximum Gasteiger partial charge on any atom is 0.109 e. The molecule has 0 radical (unpaired) electrons. The van der Waals surface area contributed by atoms with Gasteiger partial charge in [0.2, 0.25) is 0 Å². The number of hydrogen-bond donors (Lipinski definition) is 3. The highest BCUT2D eigenvalue weighted by atomic mass is 16.5. The number of rotatable bonds is 5. The molecule has 0 aromatic carbocycles. The van der Waals surface area contributed by atoms with Gasteiger partial charge in [0.05, 0.1) is 18.8 Å². The topological polar surface area (TPSA) is 69.9 Å². The van der Waals surface area contributed by atoms with Crippen LogP contribution >= 0.6 is 0 Å². The molecule has 74 valence electrons. The van der Waals surface area contributed by atoms with Crippen molar-refractivity contribution in [2.45, 2.75) is 45.2 Å². The molecule has 3 unspecified atom stereocenters. The third-order valence-corrected chi connectivity index (χ3v) is 1.50. The van der Waals surface area contributed by atoms with E-state index in [-0.39, 0.29) is 12.7 Å². The molecule has 0 aliphatic heterocycles. The Balaban J connectivity index is 3.96. The monoisotopic (exact) mass is 178 g/mol. The predicted octanol–water partition coefficient (Wildman–Crippen LogP) is -0.486. The first-order chi connectivity index (χ1) is 5.49. The van der Waals surface area contributed by atoms with Crippen molar-refractivity contribution in [3.8, 4) is 0 Å². The molecule has 3 N–H and O–H groups in total. The van der Waals surface area contributed by atoms with Crippen molar-refractivity contribution in [3.05, 3.63) is 0 Å². The van der Waals surface area contributed by atoms with Gasteiger partial charge in [-0.2, -0.15) is 0 Å². The maximum absolute atomic E-state index is 9.30. The third kappa shape index (κ3) is 4.01. The van der Waals surface area contributed by atoms with Crippen LogP contribution in [0, 0.1) is 0 Å². The third-order valence-electron chi connectivity index (χ3n) is 1.50. The number of aliphatic hydroxyl groups is 3. The van der Waals surface area contributed by atoms with Crippen LogP contribution in [0.3, 0.4) is 0 Å². The lowest BCUT2D eigenvalue weighted by molar-refractivity contribution is -0.119. The van der Waals surface area contributed by atoms with Gasteiger partial charge in [0.25, 0.3) is 0 Å². The van der Waals surface area contributed by atoms with Crippen LogP contribution in [0.2, 0.25) is 0 Å². The van der Waals surface area contributed by atoms with Crippen molar-refractivity contribution < 1.29 is 20.1 Å². The van der Waals surface area contributed by atoms with E-state index in [1.165, 1.54) is 6.92 Å². The fourth-order valence-electron chi connectivity index (χ4n) is 0.892. The van der Waals surface area contributed by atoms with Gasteiger partial charge in [-0.1, -0.05) is 0 Å². The van der Waals surface area contributed by atoms with E-state index in [2.05, 4.69) is 0 Å². The average Bonchev–Trinajstić information content (AvgIpc) is 1.98. The molecule has 0 heterocycles. The normalized spacial score (nSPS) is 19.2. The fourth-order valence-corrected chi connectivity index (χ4v) is 0.892. The number of hydrogen-bond acceptors (Lipinski definition) is 4. The molecule has 0 aliphatic carbocycles. The van der Waals surface area contributed by atoms with Crippen LogP contribution < -0.4 is 0 Å². The Morgan fingerprint density at radius 2 is 1.67 bits per heavy atom. The van der Waals surface area contributed by atoms with Crippen molar-refractivity contribution in [3.63, 3.8) is 0 Å². The SMILES string of the molecule is CC(C)OC(CO)C(O)C(C)O. The highest BCUT2D eigenvalue weighted by Gasteiger charge is 2.24. The summed E-state index contributed by atoms with van der Waals surface area (Å²) >= 11 is 0. The van der Waals surface area contributed by atoms with Gasteiger partial charge < -0.3 is 20.1 Å². The van der Waals surface area contributed by atoms with Crippen molar-refractivity contribution in [2.75, 3.05) is 6.61 Å². The van der Waals surface area contributed by atoms with Gasteiger partial charge in [-0.05, 0) is 20.8 Å². The zero-order valence-electron chi connectivity index (χ0n) is 7.77. The van der Waals surface area contributed by atoms with Gasteiger partial charge in [0.1, 0.15) is 12.2 Å². The minimum Gasteiger partial charge on any atom is -0.394 e. The molecule has 0 spiro atoms. The summed E-state index contributed by atoms with van der Waals surface area (Å²) in [6, 6.07) is 0. The smallest absolute Gasteiger partial charge is 0.109 e. The summed E-state index contributed by atoms with van der Waals surface area (Å²) < 4.78 is 5.16. The van der Waals surface area contributed by atoms with Gasteiger partial charge in [-0.3, -0.25) is 0 Å². The zero-order valence-corrected chi connectivity index (χ0v) is 7.77. The second-order valence-electron chi connectivity index (χ2n) is 3.14. The highest BCUT2D eigenvalue weighted by Crippen LogP contribution is 2.06. The zero-order chi connectivity index (χ0) is 9.72. The Bertz CT molecular complexity index is 114. The van der Waals surface area contributed by atoms with E-state index >= 15 is 0 Å². The second-order valence-corrected chi connectivity index (χ2v) is 3.14. The number of ether oxygens (including phenoxy) is 1. The van der Waals surface area contributed by atoms with Gasteiger partial charge in [0, 0.05) is 0 Å². The first-order valence-electron chi connectivity index (χ1n) is 4.11. The van der Waals surface area contributed by atoms with E-state index in [1.807, 2.05) is 0 Å². The first-order valence-corrected chi connectivity index (χ1v) is 4.11. The molecule has 0 saturated carbocycles. The molecule has 0 bridgehead atoms. The Morgan fingerprint density at radius 1 is 1.17 bits per heavy atom. The number of aliphatic hydroxyl groups excluding tert-OH is 3. The van der Waals surface area contributed by atoms with Crippen LogP contribution in [-0.2, 0) is 4.74 Å². The van der Waals surface area contributed by atoms with E-state index in [9.17, 15) is 5.11 Å². The van der Waals surface area contributed by atoms with Crippen molar-refractivity contribution >= 4 is 0 Å². The molecule has 3 atom stereocenters. The fraction of sp³-hybridized carbons (Fsp3) is 1.00. The Morgan fingerprint density at radius 3 is 1.92 bits per heavy atom. The maximum atomic E-state index is 9.30. The molecule has 0 saturated heterocycles. The highest BCUT2D eigenvalue weighted by molar-refractivity contribution is 4.73. The lowest BCUT2D eigenvalue weighted by Gasteiger charge is -2.25. The van der Waals surface area contributed by atoms with Crippen molar-refractivity contribution in [1.82, 2.24) is 0 Å². The van der Waals surface area contributed by atoms with Gasteiger partial charge in [-0.15, -0.1) is 0 Å². The largest absolute Gasteiger partial charge is 0.394 e. The lowest BCUT2D eigenvalue weighted by atomic mass is 10.1. The quantitative estimate of drug-likeness (QED) is 0.531. The van der Waals surface area contributed by atoms with Crippen molar-refractivity contribution in [2.24, 2.45) is 0 Å². The van der Waals surface area contributed by atoms with Gasteiger partial charge in [-0.25, -0.2) is 0 Å². The summed E-state index contributed by atoms with van der Waals surface area (Å²) in [5.41, 5.74) is 0. The van der Waals surface area contributed by atoms with Gasteiger partial charge >= 0.3 is 0 Å². The summed E-state index contributed by atoms with van der Waals surface area (Å²) in [5, 5.41) is 27.1. The van der Waals surface area contributed by atoms with E-state index in [0.29, 0.717) is 0 Å². The predicted molar refractivity (Wildman–Crippen MR) is 44.8 cm³/mol. The van der Waals surface area contributed by atoms with E-state index in [0.717, 1.165) is 0 Å². The van der Waals surface area contributed by atoms with E-state index in [1.54, 1.807) is 13.8 Å². The lowest BCUT2D eigenvalue weighted by Crippen LogP contribution is -2.41. The second kappa shape index (κ2) is 5.48. The molecule has 4 nitrogen and oxygen atoms in total. The molecule has 0 aromatic rings. The summed E-state index contributed by atoms with van der Waals surface area (Å²) in [5.74, 6) is 0. The molecule has 0 aromatic heterocycles. The van der Waals surface area contributed by atoms with E-state index < -0.39 is 18.3 Å². The standard InChI is InChI=1S/C8H18O4/c1-5(2)12-7(4-9)8(11)6(3)10/h5-11H,4H2,1-3H3. The van der Waals surface area contributed by atoms with Crippen LogP contribution in [0.25, 0.3) is 0 Å². The van der Waals surface area contributed by atoms with Crippen LogP contribution in [0.1, 0.15) is 20.8 Å². The van der Waals surface area contributed by atoms with Crippen LogP contribution in [0.5, 0.6) is 0 Å². The first kappa shape index (κ1) is 11.8. The van der Waals surface area contributed by atoms with Crippen LogP contribution in [-0.4, -0.2) is 46.3 Å². The van der Waals surface area contributed by atoms with E-state index in [4.69, 9.17) is 14.9 Å². The minimum atomic E-state index is -1.03. The molecule has 0 amide bonds. The molecule has 0 aliphatic rings. The Labute approximate surface area is 72.8 Å². The Hall–Kier alpha value is -0.160. The summed E-state index contributed by atoms with van der Waals surface area (Å²) in [6.45, 7) is 4.77.